The highest BCUT2D eigenvalue weighted by Crippen LogP contribution is 2.28. The fourth-order valence-electron chi connectivity index (χ4n) is 1.75. The largest absolute Gasteiger partial charge is 0.338 e. The van der Waals surface area contributed by atoms with Gasteiger partial charge in [0.1, 0.15) is 5.02 Å². The van der Waals surface area contributed by atoms with Crippen LogP contribution in [0, 0.1) is 15.5 Å². The minimum Gasteiger partial charge on any atom is -0.338 e. The Labute approximate surface area is 123 Å². The van der Waals surface area contributed by atoms with Crippen molar-refractivity contribution in [2.24, 2.45) is 5.41 Å². The summed E-state index contributed by atoms with van der Waals surface area (Å²) in [6.45, 7) is 8.05. The zero-order valence-electron chi connectivity index (χ0n) is 12.3. The lowest BCUT2D eigenvalue weighted by Gasteiger charge is -2.35. The first-order valence-corrected chi connectivity index (χ1v) is 6.64. The van der Waals surface area contributed by atoms with Crippen LogP contribution < -0.4 is 0 Å². The van der Waals surface area contributed by atoms with Crippen LogP contribution in [0.15, 0.2) is 18.2 Å². The highest BCUT2D eigenvalue weighted by Gasteiger charge is 2.28. The molecule has 0 spiro atoms. The van der Waals surface area contributed by atoms with Crippen LogP contribution in [0.2, 0.25) is 5.02 Å². The van der Waals surface area contributed by atoms with Gasteiger partial charge >= 0.3 is 0 Å². The molecule has 20 heavy (non-hydrogen) atoms. The maximum absolute atomic E-state index is 12.4. The van der Waals surface area contributed by atoms with E-state index in [4.69, 9.17) is 11.6 Å². The molecule has 110 valence electrons. The minimum absolute atomic E-state index is 0.00951. The maximum Gasteiger partial charge on any atom is 0.288 e. The van der Waals surface area contributed by atoms with Crippen molar-refractivity contribution in [2.45, 2.75) is 33.7 Å². The molecular weight excluding hydrogens is 280 g/mol. The van der Waals surface area contributed by atoms with Crippen molar-refractivity contribution in [1.82, 2.24) is 4.90 Å². The molecule has 0 heterocycles. The zero-order chi connectivity index (χ0) is 15.7. The van der Waals surface area contributed by atoms with Crippen molar-refractivity contribution in [1.29, 1.82) is 0 Å². The molecule has 0 aromatic heterocycles. The number of hydrogen-bond acceptors (Lipinski definition) is 3. The second kappa shape index (κ2) is 5.79. The van der Waals surface area contributed by atoms with E-state index in [0.717, 1.165) is 0 Å². The summed E-state index contributed by atoms with van der Waals surface area (Å²) in [4.78, 5) is 24.2. The van der Waals surface area contributed by atoms with Crippen LogP contribution in [0.1, 0.15) is 38.1 Å². The number of amides is 1. The smallest absolute Gasteiger partial charge is 0.288 e. The third-order valence-electron chi connectivity index (χ3n) is 3.54. The van der Waals surface area contributed by atoms with Crippen LogP contribution in [0.25, 0.3) is 0 Å². The van der Waals surface area contributed by atoms with Gasteiger partial charge in [0.2, 0.25) is 0 Å². The van der Waals surface area contributed by atoms with E-state index in [1.807, 2.05) is 27.7 Å². The number of carbonyl (C=O) groups is 1. The van der Waals surface area contributed by atoms with Gasteiger partial charge in [-0.3, -0.25) is 14.9 Å². The van der Waals surface area contributed by atoms with Crippen LogP contribution in [0.5, 0.6) is 0 Å². The van der Waals surface area contributed by atoms with Crippen molar-refractivity contribution < 1.29 is 9.72 Å². The Hall–Kier alpha value is -1.62. The third kappa shape index (κ3) is 3.48. The van der Waals surface area contributed by atoms with E-state index in [0.29, 0.717) is 0 Å². The molecule has 0 aliphatic heterocycles. The van der Waals surface area contributed by atoms with E-state index in [-0.39, 0.29) is 33.6 Å². The molecular formula is C14H19ClN2O3. The number of rotatable bonds is 3. The molecule has 5 nitrogen and oxygen atoms in total. The lowest BCUT2D eigenvalue weighted by Crippen LogP contribution is -2.42. The average molecular weight is 299 g/mol. The second-order valence-electron chi connectivity index (χ2n) is 5.88. The summed E-state index contributed by atoms with van der Waals surface area (Å²) in [7, 11) is 1.69. The number of nitro groups is 1. The zero-order valence-corrected chi connectivity index (χ0v) is 13.1. The Bertz CT molecular complexity index is 538. The van der Waals surface area contributed by atoms with Crippen molar-refractivity contribution in [3.63, 3.8) is 0 Å². The van der Waals surface area contributed by atoms with Gasteiger partial charge in [-0.1, -0.05) is 32.4 Å². The summed E-state index contributed by atoms with van der Waals surface area (Å²) < 4.78 is 0. The minimum atomic E-state index is -0.591. The molecule has 1 atom stereocenters. The summed E-state index contributed by atoms with van der Waals surface area (Å²) in [5.41, 5.74) is -0.0722. The number of halogens is 1. The lowest BCUT2D eigenvalue weighted by molar-refractivity contribution is -0.384. The molecule has 0 aliphatic rings. The molecule has 1 amide bonds. The van der Waals surface area contributed by atoms with Crippen molar-refractivity contribution in [3.05, 3.63) is 38.9 Å². The highest BCUT2D eigenvalue weighted by molar-refractivity contribution is 6.32. The standard InChI is InChI=1S/C14H19ClN2O3/c1-9(14(2,3)4)16(5)13(18)10-6-7-11(15)12(8-10)17(19)20/h6-9H,1-5H3. The number of hydrogen-bond donors (Lipinski definition) is 0. The molecule has 0 radical (unpaired) electrons. The molecule has 6 heteroatoms. The summed E-state index contributed by atoms with van der Waals surface area (Å²) >= 11 is 5.74. The number of nitro benzene ring substituents is 1. The van der Waals surface area contributed by atoms with Crippen molar-refractivity contribution in [2.75, 3.05) is 7.05 Å². The van der Waals surface area contributed by atoms with E-state index in [2.05, 4.69) is 0 Å². The molecule has 0 N–H and O–H groups in total. The van der Waals surface area contributed by atoms with E-state index < -0.39 is 4.92 Å². The Morgan fingerprint density at radius 3 is 2.40 bits per heavy atom. The number of benzene rings is 1. The SMILES string of the molecule is CC(N(C)C(=O)c1ccc(Cl)c([N+](=O)[O-])c1)C(C)(C)C. The second-order valence-corrected chi connectivity index (χ2v) is 6.29. The number of carbonyl (C=O) groups excluding carboxylic acids is 1. The Balaban J connectivity index is 3.10. The van der Waals surface area contributed by atoms with E-state index in [1.165, 1.54) is 18.2 Å². The molecule has 0 bridgehead atoms. The first-order chi connectivity index (χ1) is 9.05. The fourth-order valence-corrected chi connectivity index (χ4v) is 1.93. The van der Waals surface area contributed by atoms with Crippen molar-refractivity contribution in [3.8, 4) is 0 Å². The van der Waals surface area contributed by atoms with E-state index >= 15 is 0 Å². The van der Waals surface area contributed by atoms with Crippen LogP contribution in [-0.4, -0.2) is 28.8 Å². The van der Waals surface area contributed by atoms with Crippen LogP contribution in [0.4, 0.5) is 5.69 Å². The van der Waals surface area contributed by atoms with E-state index in [9.17, 15) is 14.9 Å². The third-order valence-corrected chi connectivity index (χ3v) is 3.86. The van der Waals surface area contributed by atoms with Gasteiger partial charge in [-0.2, -0.15) is 0 Å². The van der Waals surface area contributed by atoms with Gasteiger partial charge in [0.15, 0.2) is 0 Å². The van der Waals surface area contributed by atoms with Gasteiger partial charge in [-0.05, 0) is 24.5 Å². The van der Waals surface area contributed by atoms with Gasteiger partial charge in [0.05, 0.1) is 4.92 Å². The molecule has 0 saturated heterocycles. The Morgan fingerprint density at radius 1 is 1.40 bits per heavy atom. The quantitative estimate of drug-likeness (QED) is 0.630. The molecule has 0 fully saturated rings. The predicted molar refractivity (Wildman–Crippen MR) is 79.1 cm³/mol. The van der Waals surface area contributed by atoms with Gasteiger partial charge in [-0.25, -0.2) is 0 Å². The van der Waals surface area contributed by atoms with Gasteiger partial charge in [0.25, 0.3) is 11.6 Å². The first-order valence-electron chi connectivity index (χ1n) is 6.26. The molecule has 1 aromatic rings. The normalized spacial score (nSPS) is 12.9. The number of nitrogens with zero attached hydrogens (tertiary/aromatic N) is 2. The molecule has 1 unspecified atom stereocenters. The summed E-state index contributed by atoms with van der Waals surface area (Å²) in [5.74, 6) is -0.257. The monoisotopic (exact) mass is 298 g/mol. The lowest BCUT2D eigenvalue weighted by atomic mass is 9.87. The average Bonchev–Trinajstić information content (AvgIpc) is 2.35. The van der Waals surface area contributed by atoms with Crippen LogP contribution >= 0.6 is 11.6 Å². The van der Waals surface area contributed by atoms with Gasteiger partial charge in [-0.15, -0.1) is 0 Å². The first kappa shape index (κ1) is 16.4. The molecule has 1 aromatic carbocycles. The molecule has 1 rings (SSSR count). The topological polar surface area (TPSA) is 63.5 Å². The molecule has 0 saturated carbocycles. The highest BCUT2D eigenvalue weighted by atomic mass is 35.5. The summed E-state index contributed by atoms with van der Waals surface area (Å²) in [6.07, 6.45) is 0. The molecule has 0 aliphatic carbocycles. The van der Waals surface area contributed by atoms with E-state index in [1.54, 1.807) is 11.9 Å². The van der Waals surface area contributed by atoms with Crippen LogP contribution in [0.3, 0.4) is 0 Å². The van der Waals surface area contributed by atoms with Gasteiger partial charge < -0.3 is 4.90 Å². The maximum atomic E-state index is 12.4. The summed E-state index contributed by atoms with van der Waals surface area (Å²) in [6, 6.07) is 4.09. The predicted octanol–water partition coefficient (Wildman–Crippen LogP) is 3.75. The fraction of sp³-hybridized carbons (Fsp3) is 0.500. The van der Waals surface area contributed by atoms with Crippen molar-refractivity contribution >= 4 is 23.2 Å². The summed E-state index contributed by atoms with van der Waals surface area (Å²) in [5, 5.41) is 10.9. The Morgan fingerprint density at radius 2 is 1.95 bits per heavy atom. The van der Waals surface area contributed by atoms with Gasteiger partial charge in [0, 0.05) is 24.7 Å². The van der Waals surface area contributed by atoms with Crippen LogP contribution in [-0.2, 0) is 0 Å². The Kier molecular flexibility index (Phi) is 4.76.